The van der Waals surface area contributed by atoms with Gasteiger partial charge in [-0.25, -0.2) is 24.0 Å². The molecule has 0 saturated carbocycles. The van der Waals surface area contributed by atoms with Gasteiger partial charge in [0.15, 0.2) is 0 Å². The van der Waals surface area contributed by atoms with Crippen LogP contribution in [0.1, 0.15) is 330 Å². The van der Waals surface area contributed by atoms with E-state index in [-0.39, 0.29) is 122 Å². The Labute approximate surface area is 904 Å². The van der Waals surface area contributed by atoms with Gasteiger partial charge in [0.2, 0.25) is 11.8 Å². The number of amides is 11. The van der Waals surface area contributed by atoms with Crippen molar-refractivity contribution >= 4 is 118 Å². The molecule has 12 atom stereocenters. The molecule has 14 N–H and O–H groups in total. The molecule has 11 amide bonds. The van der Waals surface area contributed by atoms with Crippen molar-refractivity contribution in [2.75, 3.05) is 155 Å². The minimum Gasteiger partial charge on any atom is -0.478 e. The van der Waals surface area contributed by atoms with E-state index in [1.165, 1.54) is 5.56 Å². The van der Waals surface area contributed by atoms with Gasteiger partial charge < -0.3 is 107 Å². The van der Waals surface area contributed by atoms with Gasteiger partial charge >= 0.3 is 42.0 Å². The SMILES string of the molecule is CC(C)(C)OC(=O)CCOCCOCCOCCN.CC(C)(C)OC(=O)CCOCCOCCOCCNC(=O)c1ccc(CN(CCCCCCCNC(=O)CCCCC2SCC3NC(=O)NC32)CCCCCCCC(=O)CCCCC2SCC3NC(=O)NC32)cc1.O=C(CCCCCCCN(CCCCCCCNC(=O)CCCCC1SCC2NC(=O)NC21)Cc1ccc(C(=O)O)cc1)CCCCC1SCC2NC(=O)NC21. The number of carboxylic acids is 1. The summed E-state index contributed by atoms with van der Waals surface area (Å²) in [6.07, 6.45) is 37.8. The van der Waals surface area contributed by atoms with E-state index >= 15 is 0 Å². The summed E-state index contributed by atoms with van der Waals surface area (Å²) >= 11 is 7.71. The number of rotatable bonds is 81. The number of carbonyl (C=O) groups is 12. The molecule has 10 rings (SSSR count). The molecule has 2 aromatic carbocycles. The van der Waals surface area contributed by atoms with Crippen LogP contribution in [-0.4, -0.2) is 321 Å². The van der Waals surface area contributed by atoms with E-state index in [1.54, 1.807) is 12.1 Å². The number of fused-ring (bicyclic) bond motifs is 4. The maximum Gasteiger partial charge on any atom is 0.335 e. The third kappa shape index (κ3) is 56.1. The second-order valence-corrected chi connectivity index (χ2v) is 47.6. The maximum absolute atomic E-state index is 12.9. The molecular weight excluding hydrogens is 1980 g/mol. The van der Waals surface area contributed by atoms with E-state index in [4.69, 9.17) is 43.6 Å². The molecule has 0 radical (unpaired) electrons. The van der Waals surface area contributed by atoms with Gasteiger partial charge in [0.25, 0.3) is 5.91 Å². The summed E-state index contributed by atoms with van der Waals surface area (Å²) in [7, 11) is 0. The summed E-state index contributed by atoms with van der Waals surface area (Å²) in [6.45, 7) is 24.1. The Kier molecular flexibility index (Phi) is 63.6. The van der Waals surface area contributed by atoms with Crippen molar-refractivity contribution in [3.8, 4) is 0 Å². The van der Waals surface area contributed by atoms with Crippen molar-refractivity contribution in [3.05, 3.63) is 70.8 Å². The van der Waals surface area contributed by atoms with Gasteiger partial charge in [0, 0.05) is 127 Å². The number of unbranched alkanes of at least 4 members (excludes halogenated alkanes) is 20. The Morgan fingerprint density at radius 3 is 0.933 bits per heavy atom. The highest BCUT2D eigenvalue weighted by Crippen LogP contribution is 2.38. The van der Waals surface area contributed by atoms with E-state index < -0.39 is 17.2 Å². The predicted molar refractivity (Wildman–Crippen MR) is 591 cm³/mol. The zero-order valence-corrected chi connectivity index (χ0v) is 93.7. The van der Waals surface area contributed by atoms with E-state index in [0.717, 1.165) is 286 Å². The summed E-state index contributed by atoms with van der Waals surface area (Å²) in [4.78, 5) is 149. The molecule has 149 heavy (non-hydrogen) atoms. The van der Waals surface area contributed by atoms with Crippen molar-refractivity contribution in [3.63, 3.8) is 0 Å². The summed E-state index contributed by atoms with van der Waals surface area (Å²) in [5.41, 5.74) is 7.54. The van der Waals surface area contributed by atoms with Crippen molar-refractivity contribution in [2.24, 2.45) is 5.73 Å². The van der Waals surface area contributed by atoms with E-state index in [0.29, 0.717) is 168 Å². The fourth-order valence-electron chi connectivity index (χ4n) is 19.6. The van der Waals surface area contributed by atoms with Gasteiger partial charge in [-0.05, 0) is 206 Å². The highest BCUT2D eigenvalue weighted by molar-refractivity contribution is 8.01. The van der Waals surface area contributed by atoms with Crippen LogP contribution in [0.5, 0.6) is 0 Å². The van der Waals surface area contributed by atoms with Crippen molar-refractivity contribution < 1.29 is 101 Å². The van der Waals surface area contributed by atoms with Crippen LogP contribution in [0.25, 0.3) is 0 Å². The number of Topliss-reactive ketones (excluding diaryl/α,β-unsaturated/α-hetero) is 2. The number of nitrogens with two attached hydrogens (primary N) is 1. The van der Waals surface area contributed by atoms with Crippen LogP contribution in [-0.2, 0) is 79.8 Å². The lowest BCUT2D eigenvalue weighted by Crippen LogP contribution is -2.36. The summed E-state index contributed by atoms with van der Waals surface area (Å²) < 4.78 is 42.6. The number of esters is 2. The van der Waals surface area contributed by atoms with Gasteiger partial charge in [-0.1, -0.05) is 127 Å². The number of hydrogen-bond acceptors (Lipinski definition) is 27. The fraction of sp³-hybridized carbons (Fsp3) is 0.782. The minimum absolute atomic E-state index is 0.0439. The number of ketones is 2. The van der Waals surface area contributed by atoms with Crippen molar-refractivity contribution in [2.45, 2.75) is 392 Å². The first kappa shape index (κ1) is 127. The van der Waals surface area contributed by atoms with Crippen LogP contribution in [0.3, 0.4) is 0 Å². The number of thioether (sulfide) groups is 4. The molecule has 8 aliphatic heterocycles. The van der Waals surface area contributed by atoms with Crippen LogP contribution < -0.4 is 64.2 Å². The predicted octanol–water partition coefficient (Wildman–Crippen LogP) is 14.8. The average molecular weight is 2170 g/mol. The van der Waals surface area contributed by atoms with E-state index in [9.17, 15) is 62.6 Å². The maximum atomic E-state index is 12.9. The number of ether oxygens (including phenoxy) is 8. The first-order chi connectivity index (χ1) is 72.0. The molecule has 8 aliphatic rings. The van der Waals surface area contributed by atoms with Crippen LogP contribution in [0, 0.1) is 0 Å². The number of urea groups is 4. The van der Waals surface area contributed by atoms with E-state index in [1.807, 2.05) is 113 Å². The average Bonchev–Trinajstić information content (AvgIpc) is 1.68. The Bertz CT molecular complexity index is 4190. The molecule has 844 valence electrons. The third-order valence-corrected chi connectivity index (χ3v) is 33.5. The number of aromatic carboxylic acids is 1. The number of benzene rings is 2. The zero-order chi connectivity index (χ0) is 107. The highest BCUT2D eigenvalue weighted by Gasteiger charge is 2.46. The molecule has 0 bridgehead atoms. The van der Waals surface area contributed by atoms with Crippen LogP contribution in [0.4, 0.5) is 19.2 Å². The number of nitrogens with zero attached hydrogens (tertiary/aromatic N) is 2. The van der Waals surface area contributed by atoms with Gasteiger partial charge in [-0.3, -0.25) is 43.4 Å². The Hall–Kier alpha value is -7.28. The standard InChI is InChI=1S/C55H91N7O10S2.C42H66N6O6S2.C13H27NO5/c1-55(2,3)72-49(65)27-32-69-34-36-71-37-35-70-33-29-57-52(66)42-25-23-41(24-26-42)38-62(30-16-8-4-6-10-18-43(63)19-11-12-20-46-50-44(39-73-46)58-53(67)60-50)31-17-9-5-7-15-28-56-48(64)22-14-13-21-47-51-45(40-74-47)59-54(68)61-51;49-32(16-8-9-17-35-38-33(28-55-35)44-41(53)46-38)15-7-3-1-5-13-25-48(27-30-20-22-31(23-21-30)40(51)52)26-14-6-2-4-12-24-43-37(50)19-11-10-18-36-39-34(29-56-36)45-42(54)47-39;1-13(2,3)19-12(15)4-6-16-8-10-18-11-9-17-7-5-14/h23-26,44-47,50-51H,4-22,27-40H2,1-3H3,(H,56,64)(H,57,66)(H2,58,60,67)(H2,59,61,68);20-23,33-36,38-39H,1-19,24-29H2,(H,43,50)(H,51,52)(H2,44,46,53)(H2,45,47,54);4-11,14H2,1-3H3. The normalized spacial score (nSPS) is 20.8. The van der Waals surface area contributed by atoms with Gasteiger partial charge in [-0.2, -0.15) is 47.0 Å². The lowest BCUT2D eigenvalue weighted by Gasteiger charge is -2.23. The lowest BCUT2D eigenvalue weighted by molar-refractivity contribution is -0.157. The molecule has 12 unspecified atom stereocenters. The number of nitrogens with one attached hydrogen (secondary N) is 11. The molecule has 0 aromatic heterocycles. The molecule has 0 spiro atoms. The smallest absolute Gasteiger partial charge is 0.335 e. The number of hydrogen-bond donors (Lipinski definition) is 13. The van der Waals surface area contributed by atoms with Gasteiger partial charge in [0.1, 0.15) is 22.8 Å². The van der Waals surface area contributed by atoms with Gasteiger partial charge in [0.05, 0.1) is 146 Å². The monoisotopic (exact) mass is 2170 g/mol. The van der Waals surface area contributed by atoms with Crippen LogP contribution in [0.15, 0.2) is 48.5 Å². The molecule has 8 saturated heterocycles. The Balaban J connectivity index is 0.000000316. The molecule has 39 heteroatoms. The lowest BCUT2D eigenvalue weighted by atomic mass is 10.0. The Morgan fingerprint density at radius 1 is 0.329 bits per heavy atom. The highest BCUT2D eigenvalue weighted by atomic mass is 32.2. The Morgan fingerprint density at radius 2 is 0.611 bits per heavy atom. The minimum atomic E-state index is -0.905. The number of carboxylic acid groups (broad SMARTS) is 1. The zero-order valence-electron chi connectivity index (χ0n) is 90.4. The van der Waals surface area contributed by atoms with E-state index in [2.05, 4.69) is 80.4 Å². The molecule has 8 heterocycles. The molecule has 8 fully saturated rings. The summed E-state index contributed by atoms with van der Waals surface area (Å²) in [6, 6.07) is 16.8. The van der Waals surface area contributed by atoms with Crippen molar-refractivity contribution in [1.29, 1.82) is 0 Å². The summed E-state index contributed by atoms with van der Waals surface area (Å²) in [5, 5.41) is 44.4. The van der Waals surface area contributed by atoms with Crippen molar-refractivity contribution in [1.82, 2.24) is 68.3 Å². The first-order valence-corrected chi connectivity index (χ1v) is 60.3. The quantitative estimate of drug-likeness (QED) is 0.0166. The second kappa shape index (κ2) is 74.7. The van der Waals surface area contributed by atoms with Crippen LogP contribution in [0.2, 0.25) is 0 Å². The first-order valence-electron chi connectivity index (χ1n) is 56.1. The molecule has 2 aromatic rings. The van der Waals surface area contributed by atoms with Gasteiger partial charge in [-0.15, -0.1) is 0 Å². The number of carbonyl (C=O) groups excluding carboxylic acids is 11. The topological polar surface area (TPSA) is 464 Å². The molecular formula is C110H184N14O21S4. The largest absolute Gasteiger partial charge is 0.478 e. The molecule has 0 aliphatic carbocycles. The summed E-state index contributed by atoms with van der Waals surface area (Å²) in [5.74, 6) is 3.32. The second-order valence-electron chi connectivity index (χ2n) is 42.5. The fourth-order valence-corrected chi connectivity index (χ4v) is 25.8. The third-order valence-electron chi connectivity index (χ3n) is 27.5. The van der Waals surface area contributed by atoms with Crippen LogP contribution >= 0.6 is 47.0 Å². The molecule has 35 nitrogen and oxygen atoms in total.